The average molecular weight is 597 g/mol. The molecule has 0 unspecified atom stereocenters. The number of amides is 1. The Balaban J connectivity index is 1.44. The van der Waals surface area contributed by atoms with Crippen molar-refractivity contribution in [3.05, 3.63) is 95.4 Å². The second kappa shape index (κ2) is 11.2. The molecule has 224 valence electrons. The van der Waals surface area contributed by atoms with Crippen molar-refractivity contribution in [2.45, 2.75) is 42.5 Å². The molecule has 3 aromatic carbocycles. The van der Waals surface area contributed by atoms with Crippen molar-refractivity contribution in [3.63, 3.8) is 0 Å². The number of rotatable bonds is 6. The number of carbonyl (C=O) groups excluding carboxylic acids is 1. The van der Waals surface area contributed by atoms with E-state index in [1.165, 1.54) is 6.20 Å². The van der Waals surface area contributed by atoms with Gasteiger partial charge in [0.05, 0.1) is 19.4 Å². The third kappa shape index (κ3) is 4.88. The minimum atomic E-state index is -1.84. The van der Waals surface area contributed by atoms with E-state index in [0.29, 0.717) is 12.0 Å². The van der Waals surface area contributed by atoms with Crippen LogP contribution in [0.4, 0.5) is 13.2 Å². The number of primary amides is 1. The molecule has 10 nitrogen and oxygen atoms in total. The Hall–Kier alpha value is -4.14. The summed E-state index contributed by atoms with van der Waals surface area (Å²) in [5.74, 6) is -7.71. The molecule has 1 amide bonds. The van der Waals surface area contributed by atoms with Crippen LogP contribution >= 0.6 is 0 Å². The Morgan fingerprint density at radius 2 is 1.77 bits per heavy atom. The van der Waals surface area contributed by atoms with Crippen LogP contribution in [0.2, 0.25) is 0 Å². The van der Waals surface area contributed by atoms with Gasteiger partial charge >= 0.3 is 0 Å². The zero-order valence-electron chi connectivity index (χ0n) is 22.5. The summed E-state index contributed by atoms with van der Waals surface area (Å²) in [6.45, 7) is -0.542. The fraction of sp³-hybridized carbons (Fsp3) is 0.300. The number of aromatic nitrogens is 3. The van der Waals surface area contributed by atoms with Gasteiger partial charge in [0, 0.05) is 17.0 Å². The van der Waals surface area contributed by atoms with Crippen molar-refractivity contribution >= 4 is 5.91 Å². The van der Waals surface area contributed by atoms with Crippen LogP contribution in [-0.2, 0) is 9.47 Å². The molecule has 2 saturated heterocycles. The highest BCUT2D eigenvalue weighted by atomic mass is 19.2. The lowest BCUT2D eigenvalue weighted by molar-refractivity contribution is -0.344. The zero-order chi connectivity index (χ0) is 30.5. The third-order valence-electron chi connectivity index (χ3n) is 8.09. The van der Waals surface area contributed by atoms with Gasteiger partial charge in [0.1, 0.15) is 30.0 Å². The van der Waals surface area contributed by atoms with E-state index >= 15 is 0 Å². The van der Waals surface area contributed by atoms with E-state index in [1.807, 2.05) is 30.3 Å². The number of nitrogens with two attached hydrogens (primary N) is 1. The van der Waals surface area contributed by atoms with Crippen LogP contribution in [0.5, 0.6) is 0 Å². The summed E-state index contributed by atoms with van der Waals surface area (Å²) in [7, 11) is 0. The van der Waals surface area contributed by atoms with E-state index in [1.54, 1.807) is 18.2 Å². The van der Waals surface area contributed by atoms with E-state index in [2.05, 4.69) is 10.3 Å². The molecular formula is C30H27F3N4O6. The van der Waals surface area contributed by atoms with E-state index in [0.717, 1.165) is 27.9 Å². The third-order valence-corrected chi connectivity index (χ3v) is 8.09. The number of halogens is 3. The first-order valence-electron chi connectivity index (χ1n) is 13.5. The lowest BCUT2D eigenvalue weighted by Gasteiger charge is -2.50. The molecular weight excluding hydrogens is 569 g/mol. The van der Waals surface area contributed by atoms with Gasteiger partial charge in [-0.2, -0.15) is 0 Å². The standard InChI is InChI=1S/C30H27F3N4O6/c31-21-11-17(12-22(32)25(21)33)23-13-37(36-35-23)26-27(39)24(14-38)43-30(28(26)40)20(8-9-42-30)19-10-16(29(34)41)6-7-18(19)15-4-2-1-3-5-15/h1-7,10-13,20,24,26-28,38-40H,8-9,14H2,(H2,34,41)/t20-,24-,26+,27+,28-,30+/m1/s1. The number of hydrogen-bond acceptors (Lipinski definition) is 8. The molecule has 2 aliphatic heterocycles. The van der Waals surface area contributed by atoms with Crippen LogP contribution in [0.25, 0.3) is 22.4 Å². The summed E-state index contributed by atoms with van der Waals surface area (Å²) >= 11 is 0. The smallest absolute Gasteiger partial charge is 0.248 e. The van der Waals surface area contributed by atoms with E-state index in [-0.39, 0.29) is 23.4 Å². The lowest BCUT2D eigenvalue weighted by Crippen LogP contribution is -2.64. The van der Waals surface area contributed by atoms with Crippen LogP contribution in [0.3, 0.4) is 0 Å². The Bertz CT molecular complexity index is 1650. The van der Waals surface area contributed by atoms with Gasteiger partial charge in [-0.3, -0.25) is 4.79 Å². The Morgan fingerprint density at radius 3 is 2.44 bits per heavy atom. The molecule has 1 aromatic heterocycles. The van der Waals surface area contributed by atoms with E-state index < -0.39 is 66.0 Å². The van der Waals surface area contributed by atoms with Crippen molar-refractivity contribution < 1.29 is 42.8 Å². The van der Waals surface area contributed by atoms with Crippen LogP contribution in [0.15, 0.2) is 66.9 Å². The topological polar surface area (TPSA) is 153 Å². The second-order valence-electron chi connectivity index (χ2n) is 10.5. The van der Waals surface area contributed by atoms with Gasteiger partial charge in [0.2, 0.25) is 11.7 Å². The van der Waals surface area contributed by atoms with Crippen LogP contribution < -0.4 is 5.73 Å². The molecule has 0 aliphatic carbocycles. The summed E-state index contributed by atoms with van der Waals surface area (Å²) in [6.07, 6.45) is -2.87. The highest BCUT2D eigenvalue weighted by Gasteiger charge is 2.62. The first-order chi connectivity index (χ1) is 20.6. The molecule has 2 fully saturated rings. The minimum absolute atomic E-state index is 0.0669. The maximum absolute atomic E-state index is 13.9. The second-order valence-corrected chi connectivity index (χ2v) is 10.5. The number of aliphatic hydroxyl groups is 3. The molecule has 1 spiro atoms. The average Bonchev–Trinajstić information content (AvgIpc) is 3.66. The number of carbonyl (C=O) groups is 1. The summed E-state index contributed by atoms with van der Waals surface area (Å²) in [5, 5.41) is 41.1. The molecule has 43 heavy (non-hydrogen) atoms. The van der Waals surface area contributed by atoms with Crippen LogP contribution in [-0.4, -0.2) is 73.5 Å². The van der Waals surface area contributed by atoms with E-state index in [4.69, 9.17) is 15.2 Å². The van der Waals surface area contributed by atoms with Gasteiger partial charge in [0.15, 0.2) is 17.5 Å². The fourth-order valence-corrected chi connectivity index (χ4v) is 6.03. The number of benzene rings is 3. The van der Waals surface area contributed by atoms with Gasteiger partial charge < -0.3 is 30.5 Å². The predicted molar refractivity (Wildman–Crippen MR) is 145 cm³/mol. The predicted octanol–water partition coefficient (Wildman–Crippen LogP) is 2.68. The summed E-state index contributed by atoms with van der Waals surface area (Å²) in [6, 6.07) is 14.4. The van der Waals surface area contributed by atoms with Crippen molar-refractivity contribution in [2.24, 2.45) is 5.73 Å². The zero-order valence-corrected chi connectivity index (χ0v) is 22.5. The number of aliphatic hydroxyl groups excluding tert-OH is 3. The molecule has 0 bridgehead atoms. The van der Waals surface area contributed by atoms with Crippen LogP contribution in [0, 0.1) is 17.5 Å². The van der Waals surface area contributed by atoms with Gasteiger partial charge in [0.25, 0.3) is 0 Å². The number of ether oxygens (including phenoxy) is 2. The first-order valence-corrected chi connectivity index (χ1v) is 13.5. The van der Waals surface area contributed by atoms with Gasteiger partial charge in [-0.05, 0) is 47.4 Å². The Kier molecular flexibility index (Phi) is 7.52. The number of hydrogen-bond donors (Lipinski definition) is 4. The maximum Gasteiger partial charge on any atom is 0.248 e. The quantitative estimate of drug-likeness (QED) is 0.248. The fourth-order valence-electron chi connectivity index (χ4n) is 6.03. The molecule has 2 aliphatic rings. The SMILES string of the molecule is NC(=O)c1ccc(-c2ccccc2)c([C@H]2CCO[C@]23O[C@H](CO)[C@H](O)[C@H](n2cc(-c4cc(F)c(F)c(F)c4)nn2)[C@H]3O)c1. The van der Waals surface area contributed by atoms with Crippen LogP contribution in [0.1, 0.15) is 34.3 Å². The summed E-state index contributed by atoms with van der Waals surface area (Å²) in [4.78, 5) is 12.2. The first kappa shape index (κ1) is 29.0. The molecule has 6 rings (SSSR count). The Morgan fingerprint density at radius 1 is 1.05 bits per heavy atom. The normalized spacial score (nSPS) is 27.1. The molecule has 0 saturated carbocycles. The van der Waals surface area contributed by atoms with Crippen molar-refractivity contribution in [2.75, 3.05) is 13.2 Å². The maximum atomic E-state index is 13.9. The van der Waals surface area contributed by atoms with E-state index in [9.17, 15) is 33.3 Å². The molecule has 13 heteroatoms. The molecule has 3 heterocycles. The van der Waals surface area contributed by atoms with Crippen molar-refractivity contribution in [1.82, 2.24) is 15.0 Å². The van der Waals surface area contributed by atoms with Crippen molar-refractivity contribution in [3.8, 4) is 22.4 Å². The highest BCUT2D eigenvalue weighted by molar-refractivity contribution is 5.94. The summed E-state index contributed by atoms with van der Waals surface area (Å²) in [5.41, 5.74) is 7.75. The highest BCUT2D eigenvalue weighted by Crippen LogP contribution is 2.52. The molecule has 4 aromatic rings. The van der Waals surface area contributed by atoms with Gasteiger partial charge in [-0.25, -0.2) is 17.9 Å². The number of nitrogens with zero attached hydrogens (tertiary/aromatic N) is 3. The van der Waals surface area contributed by atoms with Crippen molar-refractivity contribution in [1.29, 1.82) is 0 Å². The van der Waals surface area contributed by atoms with Gasteiger partial charge in [-0.15, -0.1) is 5.10 Å². The Labute approximate surface area is 243 Å². The largest absolute Gasteiger partial charge is 0.394 e. The monoisotopic (exact) mass is 596 g/mol. The van der Waals surface area contributed by atoms with Gasteiger partial charge in [-0.1, -0.05) is 41.6 Å². The minimum Gasteiger partial charge on any atom is -0.394 e. The summed E-state index contributed by atoms with van der Waals surface area (Å²) < 4.78 is 54.7. The molecule has 6 atom stereocenters. The molecule has 0 radical (unpaired) electrons. The lowest BCUT2D eigenvalue weighted by atomic mass is 9.77. The molecule has 5 N–H and O–H groups in total.